The first-order chi connectivity index (χ1) is 19.3. The van der Waals surface area contributed by atoms with Crippen molar-refractivity contribution in [3.05, 3.63) is 77.1 Å². The Morgan fingerprint density at radius 3 is 2.58 bits per heavy atom. The molecule has 1 aliphatic heterocycles. The van der Waals surface area contributed by atoms with Gasteiger partial charge in [-0.25, -0.2) is 14.6 Å². The number of benzene rings is 2. The molecule has 40 heavy (non-hydrogen) atoms. The van der Waals surface area contributed by atoms with Crippen LogP contribution in [0, 0.1) is 0 Å². The number of nitrogens with zero attached hydrogens (tertiary/aromatic N) is 3. The molecule has 1 unspecified atom stereocenters. The molecule has 1 aliphatic rings. The van der Waals surface area contributed by atoms with Crippen LogP contribution in [-0.2, 0) is 16.0 Å². The van der Waals surface area contributed by atoms with Crippen molar-refractivity contribution in [3.63, 3.8) is 0 Å². The molecule has 3 aromatic rings. The van der Waals surface area contributed by atoms with Crippen molar-refractivity contribution in [2.45, 2.75) is 32.4 Å². The van der Waals surface area contributed by atoms with E-state index in [9.17, 15) is 14.4 Å². The zero-order valence-electron chi connectivity index (χ0n) is 22.6. The van der Waals surface area contributed by atoms with Crippen LogP contribution in [0.4, 0.5) is 21.9 Å². The first-order valence-electron chi connectivity index (χ1n) is 13.0. The number of aromatic nitrogens is 1. The van der Waals surface area contributed by atoms with Crippen LogP contribution in [0.2, 0.25) is 5.02 Å². The fourth-order valence-corrected chi connectivity index (χ4v) is 4.78. The van der Waals surface area contributed by atoms with Crippen molar-refractivity contribution < 1.29 is 23.9 Å². The van der Waals surface area contributed by atoms with Gasteiger partial charge in [-0.3, -0.25) is 4.79 Å². The van der Waals surface area contributed by atoms with Crippen molar-refractivity contribution in [1.29, 1.82) is 0 Å². The molecule has 210 valence electrons. The zero-order valence-corrected chi connectivity index (χ0v) is 23.4. The standard InChI is InChI=1S/C29H32ClN5O5/c1-4-40-28(37)24-14-12-20(18-31-24)34(2)26-10-7-15-35(26)27(36)17-19-11-13-23(25(16-19)39-3)33-29(38)32-22-9-6-5-8-21(22)30/h5-6,8-9,11-14,16,18,26H,4,7,10,15,17H2,1-3H3,(H2,32,33,38). The molecule has 0 radical (unpaired) electrons. The minimum atomic E-state index is -0.469. The number of carbonyl (C=O) groups excluding carboxylic acids is 3. The summed E-state index contributed by atoms with van der Waals surface area (Å²) in [5.41, 5.74) is 2.74. The summed E-state index contributed by atoms with van der Waals surface area (Å²) in [6.07, 6.45) is 3.34. The highest BCUT2D eigenvalue weighted by atomic mass is 35.5. The second kappa shape index (κ2) is 13.2. The number of halogens is 1. The lowest BCUT2D eigenvalue weighted by Gasteiger charge is -2.34. The Balaban J connectivity index is 1.40. The summed E-state index contributed by atoms with van der Waals surface area (Å²) < 4.78 is 10.5. The predicted octanol–water partition coefficient (Wildman–Crippen LogP) is 5.19. The van der Waals surface area contributed by atoms with Crippen molar-refractivity contribution >= 4 is 46.6 Å². The average Bonchev–Trinajstić information content (AvgIpc) is 3.45. The molecule has 2 heterocycles. The third kappa shape index (κ3) is 6.81. The third-order valence-electron chi connectivity index (χ3n) is 6.62. The number of methoxy groups -OCH3 is 1. The molecule has 11 heteroatoms. The lowest BCUT2D eigenvalue weighted by atomic mass is 10.1. The van der Waals surface area contributed by atoms with Crippen LogP contribution in [-0.4, -0.2) is 61.3 Å². The molecule has 2 N–H and O–H groups in total. The maximum atomic E-state index is 13.4. The van der Waals surface area contributed by atoms with Gasteiger partial charge in [0, 0.05) is 13.6 Å². The van der Waals surface area contributed by atoms with Gasteiger partial charge < -0.3 is 29.9 Å². The Morgan fingerprint density at radius 1 is 1.10 bits per heavy atom. The monoisotopic (exact) mass is 565 g/mol. The van der Waals surface area contributed by atoms with Gasteiger partial charge in [0.25, 0.3) is 0 Å². The summed E-state index contributed by atoms with van der Waals surface area (Å²) in [5.74, 6) is -0.0561. The SMILES string of the molecule is CCOC(=O)c1ccc(N(C)C2CCCN2C(=O)Cc2ccc(NC(=O)Nc3ccccc3Cl)c(OC)c2)cn1. The molecule has 4 rings (SSSR count). The van der Waals surface area contributed by atoms with Gasteiger partial charge in [0.1, 0.15) is 17.6 Å². The third-order valence-corrected chi connectivity index (χ3v) is 6.95. The van der Waals surface area contributed by atoms with Crippen molar-refractivity contribution in [3.8, 4) is 5.75 Å². The van der Waals surface area contributed by atoms with Gasteiger partial charge in [-0.2, -0.15) is 0 Å². The van der Waals surface area contributed by atoms with Crippen LogP contribution < -0.4 is 20.3 Å². The minimum Gasteiger partial charge on any atom is -0.495 e. The fraction of sp³-hybridized carbons (Fsp3) is 0.310. The number of pyridine rings is 1. The first-order valence-corrected chi connectivity index (χ1v) is 13.3. The van der Waals surface area contributed by atoms with Gasteiger partial charge in [0.15, 0.2) is 0 Å². The largest absolute Gasteiger partial charge is 0.495 e. The molecule has 0 aliphatic carbocycles. The van der Waals surface area contributed by atoms with E-state index in [0.717, 1.165) is 24.1 Å². The molecule has 10 nitrogen and oxygen atoms in total. The number of rotatable bonds is 9. The summed E-state index contributed by atoms with van der Waals surface area (Å²) in [5, 5.41) is 5.89. The number of hydrogen-bond acceptors (Lipinski definition) is 7. The van der Waals surface area contributed by atoms with E-state index in [1.165, 1.54) is 7.11 Å². The molecular weight excluding hydrogens is 534 g/mol. The van der Waals surface area contributed by atoms with Gasteiger partial charge in [-0.15, -0.1) is 0 Å². The molecule has 0 bridgehead atoms. The maximum absolute atomic E-state index is 13.4. The topological polar surface area (TPSA) is 113 Å². The molecule has 3 amide bonds. The molecule has 1 atom stereocenters. The molecular formula is C29H32ClN5O5. The van der Waals surface area contributed by atoms with Gasteiger partial charge in [0.05, 0.1) is 48.4 Å². The van der Waals surface area contributed by atoms with Crippen molar-refractivity contribution in [2.24, 2.45) is 0 Å². The molecule has 0 spiro atoms. The van der Waals surface area contributed by atoms with Crippen LogP contribution in [0.1, 0.15) is 35.8 Å². The summed E-state index contributed by atoms with van der Waals surface area (Å²) in [7, 11) is 3.42. The van der Waals surface area contributed by atoms with Crippen molar-refractivity contribution in [1.82, 2.24) is 9.88 Å². The number of likely N-dealkylation sites (tertiary alicyclic amines) is 1. The Bertz CT molecular complexity index is 1370. The van der Waals surface area contributed by atoms with E-state index in [1.807, 2.05) is 16.8 Å². The van der Waals surface area contributed by atoms with E-state index in [0.29, 0.717) is 28.7 Å². The second-order valence-electron chi connectivity index (χ2n) is 9.21. The maximum Gasteiger partial charge on any atom is 0.356 e. The summed E-state index contributed by atoms with van der Waals surface area (Å²) in [4.78, 5) is 45.9. The molecule has 0 saturated carbocycles. The predicted molar refractivity (Wildman–Crippen MR) is 154 cm³/mol. The van der Waals surface area contributed by atoms with Gasteiger partial charge in [-0.1, -0.05) is 29.8 Å². The van der Waals surface area contributed by atoms with Crippen LogP contribution in [0.15, 0.2) is 60.8 Å². The van der Waals surface area contributed by atoms with E-state index in [2.05, 4.69) is 15.6 Å². The normalized spacial score (nSPS) is 14.4. The first kappa shape index (κ1) is 28.7. The highest BCUT2D eigenvalue weighted by molar-refractivity contribution is 6.33. The van der Waals surface area contributed by atoms with Gasteiger partial charge in [-0.05, 0) is 61.7 Å². The van der Waals surface area contributed by atoms with E-state index in [-0.39, 0.29) is 30.8 Å². The molecule has 2 aromatic carbocycles. The number of ether oxygens (including phenoxy) is 2. The van der Waals surface area contributed by atoms with Gasteiger partial charge >= 0.3 is 12.0 Å². The Kier molecular flexibility index (Phi) is 9.44. The van der Waals surface area contributed by atoms with E-state index < -0.39 is 12.0 Å². The quantitative estimate of drug-likeness (QED) is 0.343. The highest BCUT2D eigenvalue weighted by Crippen LogP contribution is 2.29. The summed E-state index contributed by atoms with van der Waals surface area (Å²) in [6.45, 7) is 2.67. The lowest BCUT2D eigenvalue weighted by molar-refractivity contribution is -0.131. The number of amides is 3. The number of esters is 1. The molecule has 1 fully saturated rings. The second-order valence-corrected chi connectivity index (χ2v) is 9.62. The summed E-state index contributed by atoms with van der Waals surface area (Å²) >= 11 is 6.12. The van der Waals surface area contributed by atoms with Crippen LogP contribution in [0.3, 0.4) is 0 Å². The van der Waals surface area contributed by atoms with E-state index in [1.54, 1.807) is 67.7 Å². The average molecular weight is 566 g/mol. The minimum absolute atomic E-state index is 0.0234. The van der Waals surface area contributed by atoms with Crippen LogP contribution in [0.25, 0.3) is 0 Å². The number of anilines is 3. The molecule has 1 saturated heterocycles. The van der Waals surface area contributed by atoms with Gasteiger partial charge in [0.2, 0.25) is 5.91 Å². The van der Waals surface area contributed by atoms with Crippen LogP contribution in [0.5, 0.6) is 5.75 Å². The number of urea groups is 1. The fourth-order valence-electron chi connectivity index (χ4n) is 4.60. The number of carbonyl (C=O) groups is 3. The number of nitrogens with one attached hydrogen (secondary N) is 2. The Morgan fingerprint density at radius 2 is 1.88 bits per heavy atom. The van der Waals surface area contributed by atoms with Crippen molar-refractivity contribution in [2.75, 3.05) is 42.8 Å². The summed E-state index contributed by atoms with van der Waals surface area (Å²) in [6, 6.07) is 15.1. The zero-order chi connectivity index (χ0) is 28.6. The van der Waals surface area contributed by atoms with E-state index >= 15 is 0 Å². The lowest BCUT2D eigenvalue weighted by Crippen LogP contribution is -2.46. The Labute approximate surface area is 238 Å². The van der Waals surface area contributed by atoms with E-state index in [4.69, 9.17) is 21.1 Å². The smallest absolute Gasteiger partial charge is 0.356 e. The number of hydrogen-bond donors (Lipinski definition) is 2. The molecule has 1 aromatic heterocycles. The number of para-hydroxylation sites is 1. The van der Waals surface area contributed by atoms with Crippen LogP contribution >= 0.6 is 11.6 Å². The highest BCUT2D eigenvalue weighted by Gasteiger charge is 2.32. The Hall–Kier alpha value is -4.31.